The van der Waals surface area contributed by atoms with E-state index in [-0.39, 0.29) is 5.75 Å². The number of likely N-dealkylation sites (tertiary alicyclic amines) is 1. The zero-order chi connectivity index (χ0) is 25.6. The topological polar surface area (TPSA) is 107 Å². The molecule has 8 nitrogen and oxygen atoms in total. The third kappa shape index (κ3) is 4.06. The van der Waals surface area contributed by atoms with Crippen LogP contribution in [0.15, 0.2) is 67.3 Å². The second kappa shape index (κ2) is 9.04. The first-order chi connectivity index (χ1) is 18.6. The summed E-state index contributed by atoms with van der Waals surface area (Å²) in [7, 11) is 0. The fraction of sp³-hybridized carbons (Fsp3) is 0.172. The van der Waals surface area contributed by atoms with Gasteiger partial charge in [-0.15, -0.1) is 0 Å². The van der Waals surface area contributed by atoms with Crippen molar-refractivity contribution in [3.05, 3.63) is 78.6 Å². The summed E-state index contributed by atoms with van der Waals surface area (Å²) in [6.07, 6.45) is 9.73. The highest BCUT2D eigenvalue weighted by Gasteiger charge is 2.17. The van der Waals surface area contributed by atoms with Crippen LogP contribution in [0.3, 0.4) is 0 Å². The van der Waals surface area contributed by atoms with Gasteiger partial charge in [-0.25, -0.2) is 4.39 Å². The normalized spacial score (nSPS) is 14.1. The molecule has 1 aliphatic rings. The van der Waals surface area contributed by atoms with E-state index in [1.54, 1.807) is 12.4 Å². The van der Waals surface area contributed by atoms with E-state index >= 15 is 0 Å². The van der Waals surface area contributed by atoms with Gasteiger partial charge in [0, 0.05) is 58.6 Å². The van der Waals surface area contributed by atoms with Gasteiger partial charge in [-0.3, -0.25) is 25.0 Å². The zero-order valence-corrected chi connectivity index (χ0v) is 20.4. The molecule has 3 N–H and O–H groups in total. The van der Waals surface area contributed by atoms with Crippen molar-refractivity contribution >= 4 is 21.8 Å². The van der Waals surface area contributed by atoms with E-state index in [0.29, 0.717) is 11.3 Å². The molecular formula is C29H24FN7O. The molecule has 0 radical (unpaired) electrons. The molecule has 38 heavy (non-hydrogen) atoms. The van der Waals surface area contributed by atoms with Crippen molar-refractivity contribution in [2.75, 3.05) is 13.1 Å². The molecule has 188 valence electrons. The van der Waals surface area contributed by atoms with Crippen LogP contribution in [0, 0.1) is 5.82 Å². The molecule has 0 atom stereocenters. The molecule has 6 heterocycles. The van der Waals surface area contributed by atoms with Crippen molar-refractivity contribution in [3.8, 4) is 39.7 Å². The van der Waals surface area contributed by atoms with Gasteiger partial charge >= 0.3 is 0 Å². The SMILES string of the molecule is Oc1cc(F)cc(-c2nccc3[nH]c(-c4n[nH]c5cnc(-c6cncc(CN7CCCC7)c6)cc45)cc23)c1. The number of halogens is 1. The maximum atomic E-state index is 14.0. The number of aromatic hydroxyl groups is 1. The van der Waals surface area contributed by atoms with E-state index in [1.165, 1.54) is 30.5 Å². The quantitative estimate of drug-likeness (QED) is 0.279. The van der Waals surface area contributed by atoms with Crippen molar-refractivity contribution in [3.63, 3.8) is 0 Å². The lowest BCUT2D eigenvalue weighted by Crippen LogP contribution is -2.18. The van der Waals surface area contributed by atoms with Crippen molar-refractivity contribution in [2.45, 2.75) is 19.4 Å². The number of nitrogens with one attached hydrogen (secondary N) is 2. The Kier molecular flexibility index (Phi) is 5.36. The van der Waals surface area contributed by atoms with Crippen LogP contribution in [-0.2, 0) is 6.54 Å². The highest BCUT2D eigenvalue weighted by atomic mass is 19.1. The van der Waals surface area contributed by atoms with Crippen LogP contribution >= 0.6 is 0 Å². The number of H-pyrrole nitrogens is 2. The molecule has 0 unspecified atom stereocenters. The van der Waals surface area contributed by atoms with Crippen LogP contribution in [0.1, 0.15) is 18.4 Å². The Morgan fingerprint density at radius 3 is 2.61 bits per heavy atom. The van der Waals surface area contributed by atoms with E-state index in [9.17, 15) is 9.50 Å². The molecule has 0 aliphatic carbocycles. The van der Waals surface area contributed by atoms with E-state index in [0.717, 1.165) is 70.2 Å². The lowest BCUT2D eigenvalue weighted by Gasteiger charge is -2.14. The van der Waals surface area contributed by atoms with Gasteiger partial charge in [-0.05, 0) is 67.9 Å². The molecule has 0 bridgehead atoms. The van der Waals surface area contributed by atoms with Gasteiger partial charge in [-0.1, -0.05) is 0 Å². The van der Waals surface area contributed by atoms with Crippen LogP contribution in [0.4, 0.5) is 4.39 Å². The van der Waals surface area contributed by atoms with E-state index in [1.807, 2.05) is 30.6 Å². The average molecular weight is 506 g/mol. The van der Waals surface area contributed by atoms with Crippen molar-refractivity contribution in [2.24, 2.45) is 0 Å². The standard InChI is InChI=1S/C29H24FN7O/c30-20-8-18(9-21(38)10-20)28-22-12-26(34-24(22)3-4-32-28)29-23-11-25(33-15-27(23)35-36-29)19-7-17(13-31-14-19)16-37-5-1-2-6-37/h3-4,7-15,34,38H,1-2,5-6,16H2,(H,35,36). The number of hydrogen-bond donors (Lipinski definition) is 3. The summed E-state index contributed by atoms with van der Waals surface area (Å²) in [5, 5.41) is 19.3. The summed E-state index contributed by atoms with van der Waals surface area (Å²) in [4.78, 5) is 19.5. The smallest absolute Gasteiger partial charge is 0.127 e. The summed E-state index contributed by atoms with van der Waals surface area (Å²) in [5.74, 6) is -0.668. The van der Waals surface area contributed by atoms with Crippen LogP contribution in [-0.4, -0.2) is 53.2 Å². The number of phenols is 1. The number of pyridine rings is 3. The third-order valence-corrected chi connectivity index (χ3v) is 7.10. The van der Waals surface area contributed by atoms with Gasteiger partial charge < -0.3 is 10.1 Å². The predicted molar refractivity (Wildman–Crippen MR) is 144 cm³/mol. The fourth-order valence-corrected chi connectivity index (χ4v) is 5.32. The minimum Gasteiger partial charge on any atom is -0.508 e. The zero-order valence-electron chi connectivity index (χ0n) is 20.4. The Balaban J connectivity index is 1.28. The molecule has 5 aromatic heterocycles. The molecule has 6 aromatic rings. The van der Waals surface area contributed by atoms with Gasteiger partial charge in [0.15, 0.2) is 0 Å². The number of rotatable bonds is 5. The lowest BCUT2D eigenvalue weighted by molar-refractivity contribution is 0.331. The Morgan fingerprint density at radius 2 is 1.74 bits per heavy atom. The van der Waals surface area contributed by atoms with Gasteiger partial charge in [0.2, 0.25) is 0 Å². The Bertz CT molecular complexity index is 1780. The molecule has 0 amide bonds. The van der Waals surface area contributed by atoms with E-state index < -0.39 is 5.82 Å². The summed E-state index contributed by atoms with van der Waals surface area (Å²) >= 11 is 0. The molecule has 0 saturated carbocycles. The Labute approximate surface area is 217 Å². The average Bonchev–Trinajstić information content (AvgIpc) is 3.67. The van der Waals surface area contributed by atoms with E-state index in [4.69, 9.17) is 0 Å². The van der Waals surface area contributed by atoms with Crippen LogP contribution in [0.25, 0.3) is 55.7 Å². The summed E-state index contributed by atoms with van der Waals surface area (Å²) in [6, 6.07) is 11.9. The van der Waals surface area contributed by atoms with Crippen molar-refractivity contribution in [1.29, 1.82) is 0 Å². The highest BCUT2D eigenvalue weighted by molar-refractivity contribution is 6.00. The Hall–Kier alpha value is -4.63. The largest absolute Gasteiger partial charge is 0.508 e. The van der Waals surface area contributed by atoms with Crippen LogP contribution in [0.2, 0.25) is 0 Å². The molecule has 1 aromatic carbocycles. The van der Waals surface area contributed by atoms with Gasteiger partial charge in [0.1, 0.15) is 17.3 Å². The monoisotopic (exact) mass is 505 g/mol. The second-order valence-electron chi connectivity index (χ2n) is 9.75. The first-order valence-electron chi connectivity index (χ1n) is 12.6. The number of fused-ring (bicyclic) bond motifs is 2. The maximum absolute atomic E-state index is 14.0. The first kappa shape index (κ1) is 22.6. The number of nitrogens with zero attached hydrogens (tertiary/aromatic N) is 5. The number of aromatic nitrogens is 6. The molecule has 7 rings (SSSR count). The number of aromatic amines is 2. The van der Waals surface area contributed by atoms with Crippen molar-refractivity contribution < 1.29 is 9.50 Å². The van der Waals surface area contributed by atoms with E-state index in [2.05, 4.69) is 41.1 Å². The second-order valence-corrected chi connectivity index (χ2v) is 9.75. The molecule has 9 heteroatoms. The van der Waals surface area contributed by atoms with Gasteiger partial charge in [-0.2, -0.15) is 5.10 Å². The molecular weight excluding hydrogens is 481 g/mol. The minimum atomic E-state index is -0.521. The highest BCUT2D eigenvalue weighted by Crippen LogP contribution is 2.35. The van der Waals surface area contributed by atoms with Crippen LogP contribution < -0.4 is 0 Å². The number of benzene rings is 1. The molecule has 0 spiro atoms. The molecule has 1 saturated heterocycles. The maximum Gasteiger partial charge on any atom is 0.127 e. The summed E-state index contributed by atoms with van der Waals surface area (Å²) < 4.78 is 14.0. The van der Waals surface area contributed by atoms with Crippen LogP contribution in [0.5, 0.6) is 5.75 Å². The Morgan fingerprint density at radius 1 is 0.868 bits per heavy atom. The molecule has 1 fully saturated rings. The number of phenolic OH excluding ortho intramolecular Hbond substituents is 1. The lowest BCUT2D eigenvalue weighted by atomic mass is 10.1. The predicted octanol–water partition coefficient (Wildman–Crippen LogP) is 5.67. The first-order valence-corrected chi connectivity index (χ1v) is 12.6. The number of hydrogen-bond acceptors (Lipinski definition) is 6. The molecule has 1 aliphatic heterocycles. The minimum absolute atomic E-state index is 0.146. The summed E-state index contributed by atoms with van der Waals surface area (Å²) in [6.45, 7) is 3.17. The summed E-state index contributed by atoms with van der Waals surface area (Å²) in [5.41, 5.74) is 7.22. The van der Waals surface area contributed by atoms with Gasteiger partial charge in [0.25, 0.3) is 0 Å². The fourth-order valence-electron chi connectivity index (χ4n) is 5.32. The van der Waals surface area contributed by atoms with Crippen molar-refractivity contribution in [1.82, 2.24) is 35.0 Å². The van der Waals surface area contributed by atoms with Gasteiger partial charge in [0.05, 0.1) is 28.8 Å². The third-order valence-electron chi connectivity index (χ3n) is 7.10.